The van der Waals surface area contributed by atoms with Crippen molar-refractivity contribution >= 4 is 28.1 Å². The molecule has 36 heavy (non-hydrogen) atoms. The molecule has 11 heteroatoms. The molecule has 4 heterocycles. The number of hydrogen-bond donors (Lipinski definition) is 2. The number of anilines is 2. The zero-order valence-electron chi connectivity index (χ0n) is 20.1. The van der Waals surface area contributed by atoms with Gasteiger partial charge in [-0.3, -0.25) is 4.79 Å². The summed E-state index contributed by atoms with van der Waals surface area (Å²) in [6, 6.07) is 2.73. The lowest BCUT2D eigenvalue weighted by Gasteiger charge is -2.33. The molecule has 3 aromatic heterocycles. The smallest absolute Gasteiger partial charge is 0.410 e. The molecular formula is C25H26F3N5O2S. The summed E-state index contributed by atoms with van der Waals surface area (Å²) < 4.78 is 47.8. The van der Waals surface area contributed by atoms with Crippen LogP contribution in [-0.4, -0.2) is 21.9 Å². The predicted molar refractivity (Wildman–Crippen MR) is 129 cm³/mol. The number of aromatic nitrogens is 2. The van der Waals surface area contributed by atoms with Crippen LogP contribution in [-0.2, 0) is 12.8 Å². The SMILES string of the molecule is CC(C)(C)[C@H]1CCc2c(sc(NC(=O)c3cnn4c3N[C@@H](c3ccco3)C[C@@H]4C(F)(F)F)c2C#N)C1. The first-order chi connectivity index (χ1) is 17.0. The zero-order chi connectivity index (χ0) is 25.8. The fourth-order valence-electron chi connectivity index (χ4n) is 5.11. The lowest BCUT2D eigenvalue weighted by Crippen LogP contribution is -2.36. The van der Waals surface area contributed by atoms with Gasteiger partial charge in [0.15, 0.2) is 6.04 Å². The summed E-state index contributed by atoms with van der Waals surface area (Å²) in [6.07, 6.45) is 0.195. The molecule has 0 bridgehead atoms. The molecule has 0 saturated carbocycles. The largest absolute Gasteiger partial charge is 0.467 e. The predicted octanol–water partition coefficient (Wildman–Crippen LogP) is 6.47. The van der Waals surface area contributed by atoms with E-state index in [1.807, 2.05) is 0 Å². The number of fused-ring (bicyclic) bond motifs is 2. The van der Waals surface area contributed by atoms with Gasteiger partial charge >= 0.3 is 6.18 Å². The molecular weight excluding hydrogens is 491 g/mol. The zero-order valence-corrected chi connectivity index (χ0v) is 20.9. The summed E-state index contributed by atoms with van der Waals surface area (Å²) in [5, 5.41) is 20.0. The van der Waals surface area contributed by atoms with Gasteiger partial charge < -0.3 is 15.1 Å². The molecule has 3 atom stereocenters. The Morgan fingerprint density at radius 1 is 1.36 bits per heavy atom. The van der Waals surface area contributed by atoms with Gasteiger partial charge in [-0.15, -0.1) is 11.3 Å². The highest BCUT2D eigenvalue weighted by Crippen LogP contribution is 2.46. The number of carbonyl (C=O) groups excluding carboxylic acids is 1. The minimum absolute atomic E-state index is 0.0247. The van der Waals surface area contributed by atoms with Crippen LogP contribution in [0.1, 0.15) is 77.8 Å². The van der Waals surface area contributed by atoms with Gasteiger partial charge in [-0.05, 0) is 48.3 Å². The summed E-state index contributed by atoms with van der Waals surface area (Å²) in [4.78, 5) is 14.4. The first-order valence-corrected chi connectivity index (χ1v) is 12.6. The molecule has 1 amide bonds. The van der Waals surface area contributed by atoms with Gasteiger partial charge in [-0.25, -0.2) is 4.68 Å². The van der Waals surface area contributed by atoms with Crippen molar-refractivity contribution in [3.8, 4) is 6.07 Å². The number of nitrogens with zero attached hydrogens (tertiary/aromatic N) is 3. The molecule has 190 valence electrons. The average molecular weight is 518 g/mol. The fourth-order valence-corrected chi connectivity index (χ4v) is 6.38. The first-order valence-electron chi connectivity index (χ1n) is 11.8. The molecule has 7 nitrogen and oxygen atoms in total. The van der Waals surface area contributed by atoms with Gasteiger partial charge in [0.2, 0.25) is 0 Å². The Morgan fingerprint density at radius 2 is 2.14 bits per heavy atom. The van der Waals surface area contributed by atoms with Gasteiger partial charge in [0.05, 0.1) is 24.1 Å². The summed E-state index contributed by atoms with van der Waals surface area (Å²) in [5.41, 5.74) is 1.50. The molecule has 0 unspecified atom stereocenters. The highest BCUT2D eigenvalue weighted by atomic mass is 32.1. The van der Waals surface area contributed by atoms with E-state index in [1.54, 1.807) is 12.1 Å². The van der Waals surface area contributed by atoms with Gasteiger partial charge in [0, 0.05) is 11.3 Å². The first kappa shape index (κ1) is 24.4. The van der Waals surface area contributed by atoms with Crippen molar-refractivity contribution in [2.45, 2.75) is 64.7 Å². The Morgan fingerprint density at radius 3 is 2.78 bits per heavy atom. The van der Waals surface area contributed by atoms with Crippen molar-refractivity contribution < 1.29 is 22.4 Å². The monoisotopic (exact) mass is 517 g/mol. The number of alkyl halides is 3. The van der Waals surface area contributed by atoms with Crippen LogP contribution in [0.25, 0.3) is 0 Å². The maximum Gasteiger partial charge on any atom is 0.410 e. The van der Waals surface area contributed by atoms with Crippen LogP contribution in [0.4, 0.5) is 24.0 Å². The lowest BCUT2D eigenvalue weighted by atomic mass is 9.72. The van der Waals surface area contributed by atoms with E-state index in [4.69, 9.17) is 4.42 Å². The minimum atomic E-state index is -4.56. The van der Waals surface area contributed by atoms with Crippen LogP contribution in [0.5, 0.6) is 0 Å². The van der Waals surface area contributed by atoms with E-state index in [0.717, 1.165) is 40.6 Å². The fraction of sp³-hybridized carbons (Fsp3) is 0.480. The van der Waals surface area contributed by atoms with Crippen LogP contribution in [0.15, 0.2) is 29.0 Å². The summed E-state index contributed by atoms with van der Waals surface area (Å²) in [6.45, 7) is 6.60. The summed E-state index contributed by atoms with van der Waals surface area (Å²) in [5.74, 6) is 0.153. The molecule has 2 aliphatic rings. The third kappa shape index (κ3) is 4.28. The van der Waals surface area contributed by atoms with E-state index in [0.29, 0.717) is 22.2 Å². The molecule has 0 fully saturated rings. The number of nitrogens with one attached hydrogen (secondary N) is 2. The molecule has 0 spiro atoms. The second-order valence-corrected chi connectivity index (χ2v) is 11.5. The molecule has 3 aromatic rings. The van der Waals surface area contributed by atoms with Crippen molar-refractivity contribution in [2.24, 2.45) is 11.3 Å². The Balaban J connectivity index is 1.45. The van der Waals surface area contributed by atoms with Crippen LogP contribution in [0.3, 0.4) is 0 Å². The normalized spacial score (nSPS) is 21.8. The number of hydrogen-bond acceptors (Lipinski definition) is 6. The molecule has 1 aliphatic carbocycles. The van der Waals surface area contributed by atoms with Crippen molar-refractivity contribution in [2.75, 3.05) is 10.6 Å². The van der Waals surface area contributed by atoms with E-state index in [-0.39, 0.29) is 23.2 Å². The quantitative estimate of drug-likeness (QED) is 0.415. The topological polar surface area (TPSA) is 95.9 Å². The van der Waals surface area contributed by atoms with Crippen LogP contribution in [0.2, 0.25) is 0 Å². The number of furan rings is 1. The number of nitriles is 1. The van der Waals surface area contributed by atoms with Crippen LogP contribution >= 0.6 is 11.3 Å². The van der Waals surface area contributed by atoms with Crippen molar-refractivity contribution in [1.29, 1.82) is 5.26 Å². The molecule has 0 aromatic carbocycles. The Bertz CT molecular complexity index is 1330. The van der Waals surface area contributed by atoms with Crippen molar-refractivity contribution in [1.82, 2.24) is 9.78 Å². The van der Waals surface area contributed by atoms with Gasteiger partial charge in [-0.1, -0.05) is 20.8 Å². The van der Waals surface area contributed by atoms with Crippen LogP contribution in [0, 0.1) is 22.7 Å². The molecule has 5 rings (SSSR count). The molecule has 2 N–H and O–H groups in total. The van der Waals surface area contributed by atoms with Gasteiger partial charge in [0.1, 0.15) is 28.2 Å². The Hall–Kier alpha value is -3.26. The van der Waals surface area contributed by atoms with Gasteiger partial charge in [-0.2, -0.15) is 23.5 Å². The van der Waals surface area contributed by atoms with Crippen molar-refractivity contribution in [3.05, 3.63) is 51.9 Å². The number of amides is 1. The molecule has 1 aliphatic heterocycles. The second-order valence-electron chi connectivity index (χ2n) is 10.4. The number of rotatable bonds is 3. The highest BCUT2D eigenvalue weighted by Gasteiger charge is 2.48. The average Bonchev–Trinajstić information content (AvgIpc) is 3.54. The second kappa shape index (κ2) is 8.69. The lowest BCUT2D eigenvalue weighted by molar-refractivity contribution is -0.174. The molecule has 0 radical (unpaired) electrons. The summed E-state index contributed by atoms with van der Waals surface area (Å²) in [7, 11) is 0. The maximum atomic E-state index is 13.9. The number of halogens is 3. The van der Waals surface area contributed by atoms with Crippen molar-refractivity contribution in [3.63, 3.8) is 0 Å². The molecule has 0 saturated heterocycles. The van der Waals surface area contributed by atoms with Crippen LogP contribution < -0.4 is 10.6 Å². The Kier molecular flexibility index (Phi) is 5.90. The van der Waals surface area contributed by atoms with E-state index in [1.165, 1.54) is 17.6 Å². The Labute approximate surface area is 210 Å². The maximum absolute atomic E-state index is 13.9. The van der Waals surface area contributed by atoms with Gasteiger partial charge in [0.25, 0.3) is 5.91 Å². The van der Waals surface area contributed by atoms with E-state index >= 15 is 0 Å². The van der Waals surface area contributed by atoms with E-state index < -0.39 is 24.2 Å². The minimum Gasteiger partial charge on any atom is -0.467 e. The number of carbonyl (C=O) groups is 1. The summed E-state index contributed by atoms with van der Waals surface area (Å²) >= 11 is 1.38. The van der Waals surface area contributed by atoms with E-state index in [2.05, 4.69) is 42.6 Å². The van der Waals surface area contributed by atoms with E-state index in [9.17, 15) is 23.2 Å². The third-order valence-electron chi connectivity index (χ3n) is 7.20. The highest BCUT2D eigenvalue weighted by molar-refractivity contribution is 7.16. The third-order valence-corrected chi connectivity index (χ3v) is 8.37. The standard InChI is InChI=1S/C25H26F3N5O2S/c1-24(2,3)13-6-7-14-15(11-29)23(36-19(14)9-13)32-22(34)16-12-30-33-20(25(26,27)28)10-17(31-21(16)33)18-5-4-8-35-18/h4-5,8,12-13,17,20,31H,6-7,9-10H2,1-3H3,(H,32,34)/t13-,17+,20+/m0/s1. The number of thiophene rings is 1.